The van der Waals surface area contributed by atoms with Gasteiger partial charge in [0.25, 0.3) is 0 Å². The van der Waals surface area contributed by atoms with Crippen LogP contribution in [0.15, 0.2) is 30.3 Å². The van der Waals surface area contributed by atoms with E-state index < -0.39 is 0 Å². The quantitative estimate of drug-likeness (QED) is 0.909. The molecule has 18 heavy (non-hydrogen) atoms. The van der Waals surface area contributed by atoms with Crippen molar-refractivity contribution in [3.05, 3.63) is 35.9 Å². The zero-order valence-corrected chi connectivity index (χ0v) is 11.4. The Hall–Kier alpha value is -1.06. The van der Waals surface area contributed by atoms with Gasteiger partial charge in [0.15, 0.2) is 0 Å². The lowest BCUT2D eigenvalue weighted by Gasteiger charge is -2.32. The summed E-state index contributed by atoms with van der Waals surface area (Å²) in [5.74, 6) is 0.720. The number of carbonyl (C=O) groups is 1. The molecule has 0 bridgehead atoms. The van der Waals surface area contributed by atoms with E-state index in [1.807, 2.05) is 35.2 Å². The van der Waals surface area contributed by atoms with Crippen LogP contribution in [0.4, 0.5) is 0 Å². The summed E-state index contributed by atoms with van der Waals surface area (Å²) in [5.41, 5.74) is 6.77. The molecule has 1 aromatic carbocycles. The summed E-state index contributed by atoms with van der Waals surface area (Å²) in [6.07, 6.45) is 2.76. The molecule has 0 radical (unpaired) electrons. The fourth-order valence-electron chi connectivity index (χ4n) is 2.37. The SMILES string of the molecule is Cl.NCC1CCCN(C(=O)Cc2ccccc2)C1. The molecule has 0 aromatic heterocycles. The van der Waals surface area contributed by atoms with Crippen LogP contribution in [-0.4, -0.2) is 30.4 Å². The molecule has 2 rings (SSSR count). The third-order valence-corrected chi connectivity index (χ3v) is 3.40. The highest BCUT2D eigenvalue weighted by Gasteiger charge is 2.22. The minimum Gasteiger partial charge on any atom is -0.342 e. The number of piperidine rings is 1. The molecule has 4 heteroatoms. The maximum Gasteiger partial charge on any atom is 0.226 e. The van der Waals surface area contributed by atoms with Gasteiger partial charge in [0.2, 0.25) is 5.91 Å². The van der Waals surface area contributed by atoms with Crippen molar-refractivity contribution >= 4 is 18.3 Å². The van der Waals surface area contributed by atoms with Crippen molar-refractivity contribution in [1.82, 2.24) is 4.90 Å². The molecule has 1 saturated heterocycles. The Kier molecular flexibility index (Phi) is 6.16. The first-order valence-electron chi connectivity index (χ1n) is 6.31. The van der Waals surface area contributed by atoms with Crippen molar-refractivity contribution in [1.29, 1.82) is 0 Å². The highest BCUT2D eigenvalue weighted by atomic mass is 35.5. The molecule has 1 atom stereocenters. The Bertz CT molecular complexity index is 369. The van der Waals surface area contributed by atoms with E-state index in [0.29, 0.717) is 18.9 Å². The molecule has 3 nitrogen and oxygen atoms in total. The van der Waals surface area contributed by atoms with E-state index in [9.17, 15) is 4.79 Å². The second-order valence-electron chi connectivity index (χ2n) is 4.75. The second kappa shape index (κ2) is 7.39. The van der Waals surface area contributed by atoms with Crippen molar-refractivity contribution < 1.29 is 4.79 Å². The van der Waals surface area contributed by atoms with Gasteiger partial charge in [-0.25, -0.2) is 0 Å². The number of rotatable bonds is 3. The second-order valence-corrected chi connectivity index (χ2v) is 4.75. The normalized spacial score (nSPS) is 19.2. The standard InChI is InChI=1S/C14H20N2O.ClH/c15-10-13-7-4-8-16(11-13)14(17)9-12-5-2-1-3-6-12;/h1-3,5-6,13H,4,7-11,15H2;1H. The molecule has 1 amide bonds. The largest absolute Gasteiger partial charge is 0.342 e. The lowest BCUT2D eigenvalue weighted by molar-refractivity contribution is -0.132. The van der Waals surface area contributed by atoms with E-state index in [-0.39, 0.29) is 18.3 Å². The smallest absolute Gasteiger partial charge is 0.226 e. The molecule has 2 N–H and O–H groups in total. The Labute approximate surface area is 115 Å². The molecule has 0 saturated carbocycles. The molecule has 100 valence electrons. The van der Waals surface area contributed by atoms with Crippen LogP contribution >= 0.6 is 12.4 Å². The molecule has 0 aliphatic carbocycles. The number of halogens is 1. The number of nitrogens with two attached hydrogens (primary N) is 1. The number of amides is 1. The maximum atomic E-state index is 12.1. The van der Waals surface area contributed by atoms with Crippen molar-refractivity contribution in [3.8, 4) is 0 Å². The van der Waals surface area contributed by atoms with E-state index in [4.69, 9.17) is 5.73 Å². The molecule has 1 heterocycles. The number of benzene rings is 1. The van der Waals surface area contributed by atoms with Crippen LogP contribution in [0.5, 0.6) is 0 Å². The van der Waals surface area contributed by atoms with Gasteiger partial charge < -0.3 is 10.6 Å². The zero-order valence-electron chi connectivity index (χ0n) is 10.5. The summed E-state index contributed by atoms with van der Waals surface area (Å²) < 4.78 is 0. The number of hydrogen-bond acceptors (Lipinski definition) is 2. The molecule has 0 spiro atoms. The third-order valence-electron chi connectivity index (χ3n) is 3.40. The van der Waals surface area contributed by atoms with Crippen molar-refractivity contribution in [2.45, 2.75) is 19.3 Å². The molecule has 1 aliphatic rings. The summed E-state index contributed by atoms with van der Waals surface area (Å²) in [7, 11) is 0. The maximum absolute atomic E-state index is 12.1. The van der Waals surface area contributed by atoms with E-state index in [1.54, 1.807) is 0 Å². The fraction of sp³-hybridized carbons (Fsp3) is 0.500. The first-order valence-corrected chi connectivity index (χ1v) is 6.31. The summed E-state index contributed by atoms with van der Waals surface area (Å²) in [6.45, 7) is 2.42. The summed E-state index contributed by atoms with van der Waals surface area (Å²) in [5, 5.41) is 0. The number of hydrogen-bond donors (Lipinski definition) is 1. The summed E-state index contributed by atoms with van der Waals surface area (Å²) in [4.78, 5) is 14.1. The Morgan fingerprint density at radius 1 is 1.33 bits per heavy atom. The molecule has 1 aromatic rings. The van der Waals surface area contributed by atoms with Crippen LogP contribution in [-0.2, 0) is 11.2 Å². The number of nitrogens with zero attached hydrogens (tertiary/aromatic N) is 1. The summed E-state index contributed by atoms with van der Waals surface area (Å²) in [6, 6.07) is 9.92. The van der Waals surface area contributed by atoms with Gasteiger partial charge >= 0.3 is 0 Å². The molecule has 1 aliphatic heterocycles. The van der Waals surface area contributed by atoms with Crippen LogP contribution < -0.4 is 5.73 Å². The predicted molar refractivity (Wildman–Crippen MR) is 75.8 cm³/mol. The van der Waals surface area contributed by atoms with Crippen LogP contribution in [0.25, 0.3) is 0 Å². The Morgan fingerprint density at radius 3 is 2.72 bits per heavy atom. The minimum absolute atomic E-state index is 0. The van der Waals surface area contributed by atoms with Gasteiger partial charge in [0, 0.05) is 13.1 Å². The van der Waals surface area contributed by atoms with E-state index in [2.05, 4.69) is 0 Å². The van der Waals surface area contributed by atoms with Crippen molar-refractivity contribution in [2.24, 2.45) is 11.7 Å². The van der Waals surface area contributed by atoms with Gasteiger partial charge in [-0.05, 0) is 30.9 Å². The van der Waals surface area contributed by atoms with Crippen LogP contribution in [0, 0.1) is 5.92 Å². The van der Waals surface area contributed by atoms with E-state index >= 15 is 0 Å². The topological polar surface area (TPSA) is 46.3 Å². The van der Waals surface area contributed by atoms with Crippen LogP contribution in [0.2, 0.25) is 0 Å². The van der Waals surface area contributed by atoms with E-state index in [0.717, 1.165) is 31.5 Å². The molecular formula is C14H21ClN2O. The first kappa shape index (κ1) is 15.0. The lowest BCUT2D eigenvalue weighted by Crippen LogP contribution is -2.42. The highest BCUT2D eigenvalue weighted by Crippen LogP contribution is 2.16. The van der Waals surface area contributed by atoms with Crippen molar-refractivity contribution in [3.63, 3.8) is 0 Å². The highest BCUT2D eigenvalue weighted by molar-refractivity contribution is 5.85. The van der Waals surface area contributed by atoms with Crippen molar-refractivity contribution in [2.75, 3.05) is 19.6 Å². The fourth-order valence-corrected chi connectivity index (χ4v) is 2.37. The molecular weight excluding hydrogens is 248 g/mol. The lowest BCUT2D eigenvalue weighted by atomic mass is 9.97. The third kappa shape index (κ3) is 4.00. The van der Waals surface area contributed by atoms with Gasteiger partial charge in [-0.3, -0.25) is 4.79 Å². The Morgan fingerprint density at radius 2 is 2.06 bits per heavy atom. The van der Waals surface area contributed by atoms with Gasteiger partial charge in [-0.2, -0.15) is 0 Å². The van der Waals surface area contributed by atoms with Gasteiger partial charge in [0.05, 0.1) is 6.42 Å². The monoisotopic (exact) mass is 268 g/mol. The minimum atomic E-state index is 0. The molecule has 1 unspecified atom stereocenters. The predicted octanol–water partition coefficient (Wildman–Crippen LogP) is 1.85. The average Bonchev–Trinajstić information content (AvgIpc) is 2.40. The van der Waals surface area contributed by atoms with Gasteiger partial charge in [-0.1, -0.05) is 30.3 Å². The number of carbonyl (C=O) groups excluding carboxylic acids is 1. The van der Waals surface area contributed by atoms with Crippen LogP contribution in [0.1, 0.15) is 18.4 Å². The van der Waals surface area contributed by atoms with Gasteiger partial charge in [0.1, 0.15) is 0 Å². The Balaban J connectivity index is 0.00000162. The summed E-state index contributed by atoms with van der Waals surface area (Å²) >= 11 is 0. The average molecular weight is 269 g/mol. The van der Waals surface area contributed by atoms with E-state index in [1.165, 1.54) is 0 Å². The zero-order chi connectivity index (χ0) is 12.1. The van der Waals surface area contributed by atoms with Gasteiger partial charge in [-0.15, -0.1) is 12.4 Å². The molecule has 1 fully saturated rings. The van der Waals surface area contributed by atoms with Crippen LogP contribution in [0.3, 0.4) is 0 Å². The first-order chi connectivity index (χ1) is 8.29. The number of likely N-dealkylation sites (tertiary alicyclic amines) is 1.